The minimum atomic E-state index is 0.204. The van der Waals surface area contributed by atoms with Crippen LogP contribution in [0.5, 0.6) is 0 Å². The molecule has 1 atom stereocenters. The third-order valence-corrected chi connectivity index (χ3v) is 3.19. The van der Waals surface area contributed by atoms with Crippen molar-refractivity contribution >= 4 is 11.3 Å². The number of nitrogens with zero attached hydrogens (tertiary/aromatic N) is 2. The Bertz CT molecular complexity index is 422. The van der Waals surface area contributed by atoms with Crippen molar-refractivity contribution in [3.05, 3.63) is 34.8 Å². The van der Waals surface area contributed by atoms with Crippen molar-refractivity contribution in [3.8, 4) is 11.4 Å². The topological polar surface area (TPSA) is 51.8 Å². The number of thiophene rings is 1. The Hall–Kier alpha value is -1.26. The van der Waals surface area contributed by atoms with E-state index >= 15 is 0 Å². The summed E-state index contributed by atoms with van der Waals surface area (Å²) in [5.41, 5.74) is 8.07. The highest BCUT2D eigenvalue weighted by Gasteiger charge is 2.04. The molecular formula is C12H15N3S. The summed E-state index contributed by atoms with van der Waals surface area (Å²) in [7, 11) is 0. The summed E-state index contributed by atoms with van der Waals surface area (Å²) in [6.45, 7) is 2.09. The van der Waals surface area contributed by atoms with Crippen molar-refractivity contribution in [1.82, 2.24) is 9.97 Å². The lowest BCUT2D eigenvalue weighted by molar-refractivity contribution is 0.643. The van der Waals surface area contributed by atoms with E-state index in [4.69, 9.17) is 5.73 Å². The van der Waals surface area contributed by atoms with Gasteiger partial charge < -0.3 is 5.73 Å². The maximum absolute atomic E-state index is 5.88. The standard InChI is InChI=1S/C12H15N3S/c1-2-11(13)5-9-6-14-12(15-7-9)10-3-4-16-8-10/h3-4,6-8,11H,2,5,13H2,1H3. The van der Waals surface area contributed by atoms with Crippen molar-refractivity contribution in [3.63, 3.8) is 0 Å². The highest BCUT2D eigenvalue weighted by atomic mass is 32.1. The van der Waals surface area contributed by atoms with Gasteiger partial charge in [-0.05, 0) is 29.9 Å². The monoisotopic (exact) mass is 233 g/mol. The Morgan fingerprint density at radius 3 is 2.69 bits per heavy atom. The smallest absolute Gasteiger partial charge is 0.159 e. The van der Waals surface area contributed by atoms with Gasteiger partial charge in [-0.1, -0.05) is 6.92 Å². The first-order valence-corrected chi connectivity index (χ1v) is 6.33. The first kappa shape index (κ1) is 11.2. The molecule has 3 nitrogen and oxygen atoms in total. The minimum absolute atomic E-state index is 0.204. The van der Waals surface area contributed by atoms with Crippen LogP contribution in [0, 0.1) is 0 Å². The summed E-state index contributed by atoms with van der Waals surface area (Å²) in [5.74, 6) is 0.787. The van der Waals surface area contributed by atoms with Crippen LogP contribution < -0.4 is 5.73 Å². The minimum Gasteiger partial charge on any atom is -0.327 e. The van der Waals surface area contributed by atoms with Gasteiger partial charge in [-0.3, -0.25) is 0 Å². The van der Waals surface area contributed by atoms with Crippen LogP contribution in [-0.2, 0) is 6.42 Å². The van der Waals surface area contributed by atoms with Crippen LogP contribution in [0.25, 0.3) is 11.4 Å². The fourth-order valence-corrected chi connectivity index (χ4v) is 2.08. The molecule has 0 spiro atoms. The van der Waals surface area contributed by atoms with Crippen LogP contribution in [0.15, 0.2) is 29.2 Å². The van der Waals surface area contributed by atoms with Crippen molar-refractivity contribution in [2.45, 2.75) is 25.8 Å². The van der Waals surface area contributed by atoms with Crippen molar-refractivity contribution in [2.24, 2.45) is 5.73 Å². The molecule has 0 aromatic carbocycles. The molecule has 0 aliphatic rings. The third-order valence-electron chi connectivity index (χ3n) is 2.51. The molecular weight excluding hydrogens is 218 g/mol. The normalized spacial score (nSPS) is 12.6. The first-order chi connectivity index (χ1) is 7.79. The molecule has 0 saturated carbocycles. The van der Waals surface area contributed by atoms with Gasteiger partial charge in [-0.2, -0.15) is 11.3 Å². The molecule has 0 fully saturated rings. The van der Waals surface area contributed by atoms with Crippen molar-refractivity contribution in [1.29, 1.82) is 0 Å². The number of hydrogen-bond acceptors (Lipinski definition) is 4. The number of hydrogen-bond donors (Lipinski definition) is 1. The second-order valence-corrected chi connectivity index (χ2v) is 4.58. The molecule has 4 heteroatoms. The second-order valence-electron chi connectivity index (χ2n) is 3.80. The first-order valence-electron chi connectivity index (χ1n) is 5.38. The molecule has 0 aliphatic carbocycles. The van der Waals surface area contributed by atoms with Crippen LogP contribution in [0.1, 0.15) is 18.9 Å². The van der Waals surface area contributed by atoms with E-state index in [1.165, 1.54) is 0 Å². The Balaban J connectivity index is 2.11. The molecule has 0 radical (unpaired) electrons. The molecule has 84 valence electrons. The summed E-state index contributed by atoms with van der Waals surface area (Å²) < 4.78 is 0. The lowest BCUT2D eigenvalue weighted by atomic mass is 10.1. The predicted molar refractivity (Wildman–Crippen MR) is 67.3 cm³/mol. The predicted octanol–water partition coefficient (Wildman–Crippen LogP) is 2.48. The Morgan fingerprint density at radius 1 is 1.38 bits per heavy atom. The molecule has 2 rings (SSSR count). The molecule has 1 unspecified atom stereocenters. The lowest BCUT2D eigenvalue weighted by Gasteiger charge is -2.07. The number of rotatable bonds is 4. The van der Waals surface area contributed by atoms with Crippen LogP contribution in [0.2, 0.25) is 0 Å². The van der Waals surface area contributed by atoms with Gasteiger partial charge in [0.25, 0.3) is 0 Å². The Morgan fingerprint density at radius 2 is 2.12 bits per heavy atom. The molecule has 0 aliphatic heterocycles. The van der Waals surface area contributed by atoms with E-state index in [0.29, 0.717) is 0 Å². The zero-order chi connectivity index (χ0) is 11.4. The molecule has 0 bridgehead atoms. The average Bonchev–Trinajstić information content (AvgIpc) is 2.83. The maximum Gasteiger partial charge on any atom is 0.159 e. The third kappa shape index (κ3) is 2.65. The summed E-state index contributed by atoms with van der Waals surface area (Å²) >= 11 is 1.65. The van der Waals surface area contributed by atoms with E-state index in [-0.39, 0.29) is 6.04 Å². The molecule has 2 N–H and O–H groups in total. The van der Waals surface area contributed by atoms with E-state index in [1.807, 2.05) is 29.2 Å². The molecule has 2 aromatic rings. The SMILES string of the molecule is CCC(N)Cc1cnc(-c2ccsc2)nc1. The maximum atomic E-state index is 5.88. The molecule has 0 amide bonds. The summed E-state index contributed by atoms with van der Waals surface area (Å²) in [6.07, 6.45) is 5.57. The van der Waals surface area contributed by atoms with Gasteiger partial charge in [0.05, 0.1) is 0 Å². The van der Waals surface area contributed by atoms with Gasteiger partial charge >= 0.3 is 0 Å². The summed E-state index contributed by atoms with van der Waals surface area (Å²) in [6, 6.07) is 2.23. The van der Waals surface area contributed by atoms with Crippen LogP contribution >= 0.6 is 11.3 Å². The Kier molecular flexibility index (Phi) is 3.64. The van der Waals surface area contributed by atoms with Gasteiger partial charge in [-0.25, -0.2) is 9.97 Å². The zero-order valence-corrected chi connectivity index (χ0v) is 10.1. The van der Waals surface area contributed by atoms with Gasteiger partial charge in [0.1, 0.15) is 0 Å². The van der Waals surface area contributed by atoms with E-state index in [2.05, 4.69) is 16.9 Å². The van der Waals surface area contributed by atoms with Gasteiger partial charge in [0, 0.05) is 29.4 Å². The van der Waals surface area contributed by atoms with Crippen LogP contribution in [0.4, 0.5) is 0 Å². The van der Waals surface area contributed by atoms with E-state index in [9.17, 15) is 0 Å². The fraction of sp³-hybridized carbons (Fsp3) is 0.333. The molecule has 16 heavy (non-hydrogen) atoms. The molecule has 2 heterocycles. The van der Waals surface area contributed by atoms with Gasteiger partial charge in [0.2, 0.25) is 0 Å². The largest absolute Gasteiger partial charge is 0.327 e. The van der Waals surface area contributed by atoms with E-state index in [1.54, 1.807) is 11.3 Å². The molecule has 0 saturated heterocycles. The fourth-order valence-electron chi connectivity index (χ4n) is 1.45. The average molecular weight is 233 g/mol. The van der Waals surface area contributed by atoms with Crippen molar-refractivity contribution < 1.29 is 0 Å². The number of nitrogens with two attached hydrogens (primary N) is 1. The Labute approximate surface area is 99.4 Å². The summed E-state index contributed by atoms with van der Waals surface area (Å²) in [4.78, 5) is 8.70. The quantitative estimate of drug-likeness (QED) is 0.882. The van der Waals surface area contributed by atoms with Crippen LogP contribution in [0.3, 0.4) is 0 Å². The number of aromatic nitrogens is 2. The van der Waals surface area contributed by atoms with Gasteiger partial charge in [-0.15, -0.1) is 0 Å². The van der Waals surface area contributed by atoms with Crippen molar-refractivity contribution in [2.75, 3.05) is 0 Å². The second kappa shape index (κ2) is 5.18. The summed E-state index contributed by atoms with van der Waals surface area (Å²) in [5, 5.41) is 4.08. The van der Waals surface area contributed by atoms with Gasteiger partial charge in [0.15, 0.2) is 5.82 Å². The lowest BCUT2D eigenvalue weighted by Crippen LogP contribution is -2.21. The highest BCUT2D eigenvalue weighted by Crippen LogP contribution is 2.17. The van der Waals surface area contributed by atoms with E-state index in [0.717, 1.165) is 29.8 Å². The molecule has 2 aromatic heterocycles. The zero-order valence-electron chi connectivity index (χ0n) is 9.26. The van der Waals surface area contributed by atoms with E-state index < -0.39 is 0 Å². The van der Waals surface area contributed by atoms with Crippen LogP contribution in [-0.4, -0.2) is 16.0 Å². The highest BCUT2D eigenvalue weighted by molar-refractivity contribution is 7.08.